The van der Waals surface area contributed by atoms with Crippen molar-refractivity contribution in [2.24, 2.45) is 0 Å². The van der Waals surface area contributed by atoms with Crippen LogP contribution < -0.4 is 0 Å². The van der Waals surface area contributed by atoms with Crippen LogP contribution in [0.2, 0.25) is 0 Å². The molecular weight excluding hydrogens is 206 g/mol. The molecule has 0 bridgehead atoms. The Labute approximate surface area is 87.1 Å². The standard InChI is InChI=1S/C9H12ClNOS/c1-7-3-8(13-6-7)5-11(2)9(12)4-10/h3,6H,4-5H2,1-2H3. The third-order valence-corrected chi connectivity index (χ3v) is 2.99. The second-order valence-corrected chi connectivity index (χ2v) is 4.24. The van der Waals surface area contributed by atoms with Crippen LogP contribution in [0.3, 0.4) is 0 Å². The molecule has 1 amide bonds. The van der Waals surface area contributed by atoms with E-state index in [1.165, 1.54) is 10.4 Å². The molecular formula is C9H12ClNOS. The Balaban J connectivity index is 2.54. The van der Waals surface area contributed by atoms with Gasteiger partial charge in [-0.2, -0.15) is 0 Å². The molecule has 0 spiro atoms. The quantitative estimate of drug-likeness (QED) is 0.712. The molecule has 0 N–H and O–H groups in total. The van der Waals surface area contributed by atoms with Gasteiger partial charge in [0.2, 0.25) is 5.91 Å². The first kappa shape index (κ1) is 10.5. The highest BCUT2D eigenvalue weighted by Crippen LogP contribution is 2.15. The number of halogens is 1. The molecule has 0 radical (unpaired) electrons. The first-order chi connectivity index (χ1) is 6.13. The predicted octanol–water partition coefficient (Wildman–Crippen LogP) is 2.25. The molecule has 1 rings (SSSR count). The van der Waals surface area contributed by atoms with Crippen molar-refractivity contribution >= 4 is 28.8 Å². The predicted molar refractivity (Wildman–Crippen MR) is 56.3 cm³/mol. The molecule has 0 atom stereocenters. The second kappa shape index (κ2) is 4.63. The number of nitrogens with zero attached hydrogens (tertiary/aromatic N) is 1. The van der Waals surface area contributed by atoms with E-state index in [1.54, 1.807) is 23.3 Å². The maximum absolute atomic E-state index is 11.1. The van der Waals surface area contributed by atoms with Crippen LogP contribution in [0.5, 0.6) is 0 Å². The Morgan fingerprint density at radius 1 is 1.69 bits per heavy atom. The van der Waals surface area contributed by atoms with E-state index in [0.717, 1.165) is 0 Å². The monoisotopic (exact) mass is 217 g/mol. The van der Waals surface area contributed by atoms with Crippen LogP contribution in [0, 0.1) is 6.92 Å². The molecule has 0 fully saturated rings. The number of alkyl halides is 1. The van der Waals surface area contributed by atoms with Crippen LogP contribution in [0.4, 0.5) is 0 Å². The first-order valence-corrected chi connectivity index (χ1v) is 5.39. The molecule has 0 aliphatic rings. The zero-order valence-electron chi connectivity index (χ0n) is 7.71. The lowest BCUT2D eigenvalue weighted by molar-refractivity contribution is -0.127. The maximum Gasteiger partial charge on any atom is 0.237 e. The van der Waals surface area contributed by atoms with E-state index in [4.69, 9.17) is 11.6 Å². The number of rotatable bonds is 3. The Bertz CT molecular complexity index is 298. The lowest BCUT2D eigenvalue weighted by Crippen LogP contribution is -2.26. The molecule has 1 aromatic rings. The van der Waals surface area contributed by atoms with E-state index >= 15 is 0 Å². The van der Waals surface area contributed by atoms with Gasteiger partial charge in [-0.3, -0.25) is 4.79 Å². The van der Waals surface area contributed by atoms with Crippen molar-refractivity contribution in [2.45, 2.75) is 13.5 Å². The third-order valence-electron chi connectivity index (χ3n) is 1.72. The summed E-state index contributed by atoms with van der Waals surface area (Å²) in [4.78, 5) is 14.0. The van der Waals surface area contributed by atoms with Gasteiger partial charge >= 0.3 is 0 Å². The SMILES string of the molecule is Cc1csc(CN(C)C(=O)CCl)c1. The molecule has 1 heterocycles. The summed E-state index contributed by atoms with van der Waals surface area (Å²) in [5, 5.41) is 2.08. The van der Waals surface area contributed by atoms with Gasteiger partial charge < -0.3 is 4.90 Å². The molecule has 2 nitrogen and oxygen atoms in total. The van der Waals surface area contributed by atoms with E-state index in [-0.39, 0.29) is 11.8 Å². The van der Waals surface area contributed by atoms with E-state index < -0.39 is 0 Å². The normalized spacial score (nSPS) is 10.1. The summed E-state index contributed by atoms with van der Waals surface area (Å²) in [7, 11) is 1.76. The molecule has 4 heteroatoms. The summed E-state index contributed by atoms with van der Waals surface area (Å²) in [6.45, 7) is 2.70. The Morgan fingerprint density at radius 3 is 2.85 bits per heavy atom. The summed E-state index contributed by atoms with van der Waals surface area (Å²) >= 11 is 7.10. The average molecular weight is 218 g/mol. The van der Waals surface area contributed by atoms with Gasteiger partial charge in [-0.25, -0.2) is 0 Å². The van der Waals surface area contributed by atoms with Crippen molar-refractivity contribution in [3.8, 4) is 0 Å². The van der Waals surface area contributed by atoms with E-state index in [9.17, 15) is 4.79 Å². The number of carbonyl (C=O) groups excluding carboxylic acids is 1. The fraction of sp³-hybridized carbons (Fsp3) is 0.444. The van der Waals surface area contributed by atoms with Gasteiger partial charge in [0.25, 0.3) is 0 Å². The highest BCUT2D eigenvalue weighted by atomic mass is 35.5. The van der Waals surface area contributed by atoms with Crippen LogP contribution in [0.25, 0.3) is 0 Å². The molecule has 0 unspecified atom stereocenters. The van der Waals surface area contributed by atoms with Crippen LogP contribution in [-0.4, -0.2) is 23.7 Å². The molecule has 0 saturated heterocycles. The minimum Gasteiger partial charge on any atom is -0.340 e. The molecule has 72 valence electrons. The van der Waals surface area contributed by atoms with Crippen molar-refractivity contribution in [1.82, 2.24) is 4.90 Å². The minimum atomic E-state index is -0.0345. The average Bonchev–Trinajstić information content (AvgIpc) is 2.49. The van der Waals surface area contributed by atoms with Crippen molar-refractivity contribution in [2.75, 3.05) is 12.9 Å². The maximum atomic E-state index is 11.1. The summed E-state index contributed by atoms with van der Waals surface area (Å²) in [5.41, 5.74) is 1.24. The third kappa shape index (κ3) is 3.01. The van der Waals surface area contributed by atoms with Gasteiger partial charge in [0, 0.05) is 11.9 Å². The number of thiophene rings is 1. The van der Waals surface area contributed by atoms with Gasteiger partial charge in [0.15, 0.2) is 0 Å². The fourth-order valence-electron chi connectivity index (χ4n) is 0.997. The summed E-state index contributed by atoms with van der Waals surface area (Å²) in [6.07, 6.45) is 0. The second-order valence-electron chi connectivity index (χ2n) is 2.97. The summed E-state index contributed by atoms with van der Waals surface area (Å²) < 4.78 is 0. The highest BCUT2D eigenvalue weighted by Gasteiger charge is 2.07. The molecule has 0 aliphatic carbocycles. The van der Waals surface area contributed by atoms with E-state index in [2.05, 4.69) is 11.4 Å². The Hall–Kier alpha value is -0.540. The Morgan fingerprint density at radius 2 is 2.38 bits per heavy atom. The van der Waals surface area contributed by atoms with Gasteiger partial charge in [-0.1, -0.05) is 0 Å². The number of carbonyl (C=O) groups is 1. The van der Waals surface area contributed by atoms with Crippen LogP contribution >= 0.6 is 22.9 Å². The number of hydrogen-bond donors (Lipinski definition) is 0. The Kier molecular flexibility index (Phi) is 3.75. The van der Waals surface area contributed by atoms with Gasteiger partial charge in [-0.15, -0.1) is 22.9 Å². The van der Waals surface area contributed by atoms with Crippen molar-refractivity contribution in [1.29, 1.82) is 0 Å². The summed E-state index contributed by atoms with van der Waals surface area (Å²) in [6, 6.07) is 2.09. The van der Waals surface area contributed by atoms with Crippen molar-refractivity contribution in [3.05, 3.63) is 21.9 Å². The van der Waals surface area contributed by atoms with Crippen molar-refractivity contribution in [3.63, 3.8) is 0 Å². The van der Waals surface area contributed by atoms with Crippen molar-refractivity contribution < 1.29 is 4.79 Å². The lowest BCUT2D eigenvalue weighted by atomic mass is 10.3. The first-order valence-electron chi connectivity index (χ1n) is 3.97. The van der Waals surface area contributed by atoms with Gasteiger partial charge in [-0.05, 0) is 23.9 Å². The van der Waals surface area contributed by atoms with Gasteiger partial charge in [0.05, 0.1) is 6.54 Å². The topological polar surface area (TPSA) is 20.3 Å². The fourth-order valence-corrected chi connectivity index (χ4v) is 2.13. The molecule has 13 heavy (non-hydrogen) atoms. The zero-order valence-corrected chi connectivity index (χ0v) is 9.28. The number of aryl methyl sites for hydroxylation is 1. The van der Waals surface area contributed by atoms with E-state index in [1.807, 2.05) is 6.92 Å². The molecule has 0 saturated carbocycles. The summed E-state index contributed by atoms with van der Waals surface area (Å²) in [5.74, 6) is 0.0219. The molecule has 0 aliphatic heterocycles. The van der Waals surface area contributed by atoms with E-state index in [0.29, 0.717) is 6.54 Å². The lowest BCUT2D eigenvalue weighted by Gasteiger charge is -2.13. The van der Waals surface area contributed by atoms with Crippen LogP contribution in [-0.2, 0) is 11.3 Å². The van der Waals surface area contributed by atoms with Gasteiger partial charge in [0.1, 0.15) is 5.88 Å². The minimum absolute atomic E-state index is 0.0345. The van der Waals surface area contributed by atoms with Crippen LogP contribution in [0.1, 0.15) is 10.4 Å². The van der Waals surface area contributed by atoms with Crippen LogP contribution in [0.15, 0.2) is 11.4 Å². The largest absolute Gasteiger partial charge is 0.340 e. The highest BCUT2D eigenvalue weighted by molar-refractivity contribution is 7.10. The molecule has 0 aromatic carbocycles. The zero-order chi connectivity index (χ0) is 9.84. The molecule has 1 aromatic heterocycles. The number of hydrogen-bond acceptors (Lipinski definition) is 2. The smallest absolute Gasteiger partial charge is 0.237 e. The number of amides is 1.